The minimum absolute atomic E-state index is 0.0871. The number of nitrogens with zero attached hydrogens (tertiary/aromatic N) is 2. The van der Waals surface area contributed by atoms with Crippen molar-refractivity contribution in [1.82, 2.24) is 4.90 Å². The maximum absolute atomic E-state index is 12.7. The molecule has 0 aliphatic carbocycles. The van der Waals surface area contributed by atoms with E-state index in [1.165, 1.54) is 12.1 Å². The molecule has 1 N–H and O–H groups in total. The number of benzene rings is 1. The molecule has 1 atom stereocenters. The lowest BCUT2D eigenvalue weighted by Crippen LogP contribution is -2.36. The third kappa shape index (κ3) is 8.09. The van der Waals surface area contributed by atoms with Crippen LogP contribution in [-0.2, 0) is 6.18 Å². The van der Waals surface area contributed by atoms with E-state index in [4.69, 9.17) is 5.26 Å². The molecule has 0 amide bonds. The maximum Gasteiger partial charge on any atom is 0.417 e. The number of nitriles is 1. The van der Waals surface area contributed by atoms with Crippen LogP contribution >= 0.6 is 0 Å². The first-order valence-corrected chi connectivity index (χ1v) is 9.11. The number of alkyl halides is 3. The van der Waals surface area contributed by atoms with Gasteiger partial charge in [-0.2, -0.15) is 18.4 Å². The Kier molecular flexibility index (Phi) is 10.3. The molecule has 1 aromatic rings. The predicted molar refractivity (Wildman–Crippen MR) is 102 cm³/mol. The van der Waals surface area contributed by atoms with Gasteiger partial charge in [0.25, 0.3) is 0 Å². The zero-order valence-corrected chi connectivity index (χ0v) is 16.9. The van der Waals surface area contributed by atoms with Gasteiger partial charge in [-0.1, -0.05) is 13.8 Å². The second kappa shape index (κ2) is 11.1. The first-order chi connectivity index (χ1) is 12.0. The van der Waals surface area contributed by atoms with Gasteiger partial charge in [0.15, 0.2) is 0 Å². The summed E-state index contributed by atoms with van der Waals surface area (Å²) in [5.74, 6) is 0. The summed E-state index contributed by atoms with van der Waals surface area (Å²) >= 11 is 0. The van der Waals surface area contributed by atoms with Crippen molar-refractivity contribution in [3.05, 3.63) is 29.3 Å². The number of halogens is 3. The van der Waals surface area contributed by atoms with Gasteiger partial charge < -0.3 is 5.32 Å². The molecule has 148 valence electrons. The predicted octanol–water partition coefficient (Wildman–Crippen LogP) is 5.91. The SMILES string of the molecule is CCN(C(C)C)C(C)C.CC[C@@H](C)Nc1ccc(C#N)c(C(F)(F)F)c1. The van der Waals surface area contributed by atoms with Crippen LogP contribution in [0, 0.1) is 11.3 Å². The van der Waals surface area contributed by atoms with Crippen molar-refractivity contribution in [3.63, 3.8) is 0 Å². The highest BCUT2D eigenvalue weighted by molar-refractivity contribution is 5.53. The molecule has 0 aliphatic rings. The summed E-state index contributed by atoms with van der Waals surface area (Å²) < 4.78 is 38.0. The van der Waals surface area contributed by atoms with E-state index in [-0.39, 0.29) is 11.6 Å². The summed E-state index contributed by atoms with van der Waals surface area (Å²) in [6.07, 6.45) is -3.69. The van der Waals surface area contributed by atoms with Crippen LogP contribution in [0.3, 0.4) is 0 Å². The van der Waals surface area contributed by atoms with E-state index < -0.39 is 11.7 Å². The average Bonchev–Trinajstić information content (AvgIpc) is 2.54. The van der Waals surface area contributed by atoms with Crippen LogP contribution in [0.2, 0.25) is 0 Å². The van der Waals surface area contributed by atoms with Gasteiger partial charge in [0, 0.05) is 23.8 Å². The Hall–Kier alpha value is -1.74. The van der Waals surface area contributed by atoms with Crippen molar-refractivity contribution in [1.29, 1.82) is 5.26 Å². The molecule has 26 heavy (non-hydrogen) atoms. The highest BCUT2D eigenvalue weighted by Crippen LogP contribution is 2.33. The zero-order valence-electron chi connectivity index (χ0n) is 16.9. The first kappa shape index (κ1) is 24.3. The van der Waals surface area contributed by atoms with E-state index in [1.54, 1.807) is 6.07 Å². The van der Waals surface area contributed by atoms with E-state index >= 15 is 0 Å². The van der Waals surface area contributed by atoms with Gasteiger partial charge in [0.2, 0.25) is 0 Å². The lowest BCUT2D eigenvalue weighted by molar-refractivity contribution is -0.137. The molecule has 6 heteroatoms. The summed E-state index contributed by atoms with van der Waals surface area (Å²) in [6, 6.07) is 6.67. The molecule has 0 bridgehead atoms. The van der Waals surface area contributed by atoms with Crippen LogP contribution < -0.4 is 5.32 Å². The van der Waals surface area contributed by atoms with Gasteiger partial charge >= 0.3 is 6.18 Å². The number of anilines is 1. The summed E-state index contributed by atoms with van der Waals surface area (Å²) in [5.41, 5.74) is -0.869. The molecule has 3 nitrogen and oxygen atoms in total. The summed E-state index contributed by atoms with van der Waals surface area (Å²) in [5, 5.41) is 11.6. The first-order valence-electron chi connectivity index (χ1n) is 9.11. The van der Waals surface area contributed by atoms with Gasteiger partial charge in [-0.05, 0) is 65.8 Å². The molecular weight excluding hydrogens is 339 g/mol. The number of hydrogen-bond donors (Lipinski definition) is 1. The highest BCUT2D eigenvalue weighted by Gasteiger charge is 2.33. The fourth-order valence-corrected chi connectivity index (χ4v) is 2.68. The van der Waals surface area contributed by atoms with Crippen LogP contribution in [0.1, 0.15) is 66.0 Å². The third-order valence-electron chi connectivity index (χ3n) is 4.16. The minimum Gasteiger partial charge on any atom is -0.383 e. The molecule has 0 saturated carbocycles. The highest BCUT2D eigenvalue weighted by atomic mass is 19.4. The Morgan fingerprint density at radius 2 is 1.62 bits per heavy atom. The van der Waals surface area contributed by atoms with E-state index in [2.05, 4.69) is 44.8 Å². The van der Waals surface area contributed by atoms with Gasteiger partial charge in [0.1, 0.15) is 0 Å². The van der Waals surface area contributed by atoms with Gasteiger partial charge in [-0.3, -0.25) is 4.90 Å². The molecule has 0 unspecified atom stereocenters. The van der Waals surface area contributed by atoms with Crippen molar-refractivity contribution in [2.24, 2.45) is 0 Å². The van der Waals surface area contributed by atoms with E-state index in [9.17, 15) is 13.2 Å². The fraction of sp³-hybridized carbons (Fsp3) is 0.650. The number of nitrogens with one attached hydrogen (secondary N) is 1. The van der Waals surface area contributed by atoms with Crippen molar-refractivity contribution in [3.8, 4) is 6.07 Å². The second-order valence-corrected chi connectivity index (χ2v) is 6.84. The topological polar surface area (TPSA) is 39.1 Å². The average molecular weight is 371 g/mol. The maximum atomic E-state index is 12.7. The van der Waals surface area contributed by atoms with Crippen LogP contribution in [0.5, 0.6) is 0 Å². The normalized spacial score (nSPS) is 12.6. The largest absolute Gasteiger partial charge is 0.417 e. The summed E-state index contributed by atoms with van der Waals surface area (Å²) in [7, 11) is 0. The Labute approximate surface area is 156 Å². The monoisotopic (exact) mass is 371 g/mol. The molecular formula is C20H32F3N3. The van der Waals surface area contributed by atoms with Crippen molar-refractivity contribution >= 4 is 5.69 Å². The Bertz CT molecular complexity index is 567. The van der Waals surface area contributed by atoms with Crippen molar-refractivity contribution in [2.75, 3.05) is 11.9 Å². The van der Waals surface area contributed by atoms with Gasteiger partial charge in [-0.25, -0.2) is 0 Å². The summed E-state index contributed by atoms with van der Waals surface area (Å²) in [4.78, 5) is 2.46. The van der Waals surface area contributed by atoms with Gasteiger partial charge in [-0.15, -0.1) is 0 Å². The summed E-state index contributed by atoms with van der Waals surface area (Å²) in [6.45, 7) is 16.1. The van der Waals surface area contributed by atoms with Crippen LogP contribution in [0.15, 0.2) is 18.2 Å². The zero-order chi connectivity index (χ0) is 20.5. The second-order valence-electron chi connectivity index (χ2n) is 6.84. The van der Waals surface area contributed by atoms with Crippen LogP contribution in [0.25, 0.3) is 0 Å². The standard InChI is InChI=1S/C12H13F3N2.C8H19N/c1-3-8(2)17-10-5-4-9(7-16)11(6-10)12(13,14)15;1-6-9(7(2)3)8(4)5/h4-6,8,17H,3H2,1-2H3;7-8H,6H2,1-5H3/t8-;/m1./s1. The van der Waals surface area contributed by atoms with E-state index in [0.717, 1.165) is 19.0 Å². The van der Waals surface area contributed by atoms with E-state index in [0.29, 0.717) is 17.8 Å². The smallest absolute Gasteiger partial charge is 0.383 e. The fourth-order valence-electron chi connectivity index (χ4n) is 2.68. The molecule has 1 rings (SSSR count). The van der Waals surface area contributed by atoms with Crippen LogP contribution in [0.4, 0.5) is 18.9 Å². The van der Waals surface area contributed by atoms with Crippen molar-refractivity contribution in [2.45, 2.75) is 79.2 Å². The number of hydrogen-bond acceptors (Lipinski definition) is 3. The van der Waals surface area contributed by atoms with Crippen molar-refractivity contribution < 1.29 is 13.2 Å². The number of rotatable bonds is 6. The molecule has 0 fully saturated rings. The quantitative estimate of drug-likeness (QED) is 0.675. The van der Waals surface area contributed by atoms with Crippen LogP contribution in [-0.4, -0.2) is 29.6 Å². The molecule has 1 aromatic carbocycles. The molecule has 0 radical (unpaired) electrons. The third-order valence-corrected chi connectivity index (χ3v) is 4.16. The lowest BCUT2D eigenvalue weighted by atomic mass is 10.1. The molecule has 0 aromatic heterocycles. The van der Waals surface area contributed by atoms with E-state index in [1.807, 2.05) is 13.8 Å². The Morgan fingerprint density at radius 3 is 1.92 bits per heavy atom. The molecule has 0 spiro atoms. The molecule has 0 saturated heterocycles. The lowest BCUT2D eigenvalue weighted by Gasteiger charge is -2.28. The Balaban J connectivity index is 0.000000590. The van der Waals surface area contributed by atoms with Gasteiger partial charge in [0.05, 0.1) is 17.2 Å². The molecule has 0 aliphatic heterocycles. The molecule has 0 heterocycles. The minimum atomic E-state index is -4.50. The Morgan fingerprint density at radius 1 is 1.08 bits per heavy atom.